The van der Waals surface area contributed by atoms with Gasteiger partial charge >= 0.3 is 6.03 Å². The van der Waals surface area contributed by atoms with Gasteiger partial charge in [0.2, 0.25) is 0 Å². The minimum Gasteiger partial charge on any atom is -0.308 e. The Kier molecular flexibility index (Phi) is 3.94. The quantitative estimate of drug-likeness (QED) is 0.856. The number of halogens is 2. The minimum absolute atomic E-state index is 0.145. The molecule has 0 spiro atoms. The van der Waals surface area contributed by atoms with E-state index in [1.165, 1.54) is 12.1 Å². The van der Waals surface area contributed by atoms with Gasteiger partial charge in [0.15, 0.2) is 0 Å². The molecule has 0 heterocycles. The summed E-state index contributed by atoms with van der Waals surface area (Å²) in [7, 11) is 0. The predicted octanol–water partition coefficient (Wildman–Crippen LogP) is 4.23. The number of para-hydroxylation sites is 1. The lowest BCUT2D eigenvalue weighted by molar-refractivity contribution is 0.262. The molecule has 0 saturated heterocycles. The Balaban J connectivity index is 2.01. The number of amides is 2. The number of carbonyl (C=O) groups is 1. The maximum absolute atomic E-state index is 13.3. The Morgan fingerprint density at radius 2 is 1.67 bits per heavy atom. The van der Waals surface area contributed by atoms with Crippen molar-refractivity contribution in [3.63, 3.8) is 0 Å². The number of hydrogen-bond donors (Lipinski definition) is 2. The number of rotatable bonds is 2. The van der Waals surface area contributed by atoms with E-state index in [2.05, 4.69) is 26.6 Å². The molecule has 0 bridgehead atoms. The van der Waals surface area contributed by atoms with Crippen LogP contribution in [0.1, 0.15) is 0 Å². The first kappa shape index (κ1) is 12.6. The zero-order chi connectivity index (χ0) is 13.0. The Labute approximate surface area is 112 Å². The van der Waals surface area contributed by atoms with Crippen LogP contribution < -0.4 is 10.6 Å². The molecule has 0 radical (unpaired) electrons. The Morgan fingerprint density at radius 3 is 2.33 bits per heavy atom. The molecular formula is C13H10BrFN2O. The summed E-state index contributed by atoms with van der Waals surface area (Å²) < 4.78 is 14.2. The average Bonchev–Trinajstić information content (AvgIpc) is 2.35. The minimum atomic E-state index is -0.484. The van der Waals surface area contributed by atoms with Crippen LogP contribution >= 0.6 is 15.9 Å². The van der Waals surface area contributed by atoms with Gasteiger partial charge in [-0.05, 0) is 36.4 Å². The Bertz CT molecular complexity index is 557. The molecule has 2 amide bonds. The van der Waals surface area contributed by atoms with E-state index in [1.807, 2.05) is 0 Å². The van der Waals surface area contributed by atoms with Crippen LogP contribution in [0.2, 0.25) is 0 Å². The molecule has 2 aromatic rings. The van der Waals surface area contributed by atoms with Crippen LogP contribution in [0.25, 0.3) is 0 Å². The summed E-state index contributed by atoms with van der Waals surface area (Å²) in [5.74, 6) is -0.469. The molecule has 0 fully saturated rings. The molecule has 2 rings (SSSR count). The van der Waals surface area contributed by atoms with Gasteiger partial charge in [0.05, 0.1) is 5.69 Å². The summed E-state index contributed by atoms with van der Waals surface area (Å²) in [5, 5.41) is 5.04. The molecule has 0 aromatic heterocycles. The van der Waals surface area contributed by atoms with Crippen molar-refractivity contribution in [3.8, 4) is 0 Å². The average molecular weight is 309 g/mol. The monoisotopic (exact) mass is 308 g/mol. The summed E-state index contributed by atoms with van der Waals surface area (Å²) in [6, 6.07) is 12.6. The van der Waals surface area contributed by atoms with Crippen LogP contribution in [0.3, 0.4) is 0 Å². The van der Waals surface area contributed by atoms with Gasteiger partial charge in [-0.2, -0.15) is 0 Å². The van der Waals surface area contributed by atoms with E-state index in [0.29, 0.717) is 5.69 Å². The number of nitrogens with one attached hydrogen (secondary N) is 2. The standard InChI is InChI=1S/C13H10BrFN2O/c14-9-5-7-10(8-6-9)16-13(18)17-12-4-2-1-3-11(12)15/h1-8H,(H2,16,17,18). The number of hydrogen-bond acceptors (Lipinski definition) is 1. The second-order valence-electron chi connectivity index (χ2n) is 3.57. The fourth-order valence-electron chi connectivity index (χ4n) is 1.38. The highest BCUT2D eigenvalue weighted by Crippen LogP contribution is 2.16. The number of carbonyl (C=O) groups excluding carboxylic acids is 1. The lowest BCUT2D eigenvalue weighted by atomic mass is 10.3. The first-order valence-corrected chi connectivity index (χ1v) is 6.02. The summed E-state index contributed by atoms with van der Waals surface area (Å²) in [5.41, 5.74) is 0.777. The van der Waals surface area contributed by atoms with Crippen molar-refractivity contribution in [2.24, 2.45) is 0 Å². The third kappa shape index (κ3) is 3.30. The summed E-state index contributed by atoms with van der Waals surface area (Å²) in [6.45, 7) is 0. The first-order valence-electron chi connectivity index (χ1n) is 5.23. The van der Waals surface area contributed by atoms with E-state index >= 15 is 0 Å². The van der Waals surface area contributed by atoms with Gasteiger partial charge in [-0.25, -0.2) is 9.18 Å². The van der Waals surface area contributed by atoms with E-state index < -0.39 is 11.8 Å². The highest BCUT2D eigenvalue weighted by Gasteiger charge is 2.05. The van der Waals surface area contributed by atoms with E-state index in [4.69, 9.17) is 0 Å². The topological polar surface area (TPSA) is 41.1 Å². The van der Waals surface area contributed by atoms with Crippen molar-refractivity contribution in [2.45, 2.75) is 0 Å². The van der Waals surface area contributed by atoms with E-state index in [9.17, 15) is 9.18 Å². The van der Waals surface area contributed by atoms with Gasteiger partial charge < -0.3 is 10.6 Å². The molecule has 0 atom stereocenters. The normalized spacial score (nSPS) is 9.89. The zero-order valence-electron chi connectivity index (χ0n) is 9.28. The van der Waals surface area contributed by atoms with E-state index in [1.54, 1.807) is 36.4 Å². The van der Waals surface area contributed by atoms with Crippen molar-refractivity contribution in [2.75, 3.05) is 10.6 Å². The van der Waals surface area contributed by atoms with Crippen LogP contribution in [0.5, 0.6) is 0 Å². The molecule has 3 nitrogen and oxygen atoms in total. The van der Waals surface area contributed by atoms with Crippen molar-refractivity contribution in [1.29, 1.82) is 0 Å². The van der Waals surface area contributed by atoms with Crippen molar-refractivity contribution < 1.29 is 9.18 Å². The van der Waals surface area contributed by atoms with Crippen molar-refractivity contribution in [3.05, 3.63) is 58.8 Å². The first-order chi connectivity index (χ1) is 8.65. The molecule has 0 aliphatic carbocycles. The van der Waals surface area contributed by atoms with Gasteiger partial charge in [-0.1, -0.05) is 28.1 Å². The van der Waals surface area contributed by atoms with Crippen LogP contribution in [0, 0.1) is 5.82 Å². The van der Waals surface area contributed by atoms with Gasteiger partial charge in [0, 0.05) is 10.2 Å². The summed E-state index contributed by atoms with van der Waals surface area (Å²) in [6.07, 6.45) is 0. The molecule has 0 unspecified atom stereocenters. The Morgan fingerprint density at radius 1 is 1.00 bits per heavy atom. The molecule has 0 aliphatic rings. The SMILES string of the molecule is O=C(Nc1ccc(Br)cc1)Nc1ccccc1F. The van der Waals surface area contributed by atoms with Crippen LogP contribution in [-0.4, -0.2) is 6.03 Å². The second-order valence-corrected chi connectivity index (χ2v) is 4.48. The van der Waals surface area contributed by atoms with Crippen LogP contribution in [0.15, 0.2) is 53.0 Å². The molecule has 18 heavy (non-hydrogen) atoms. The smallest absolute Gasteiger partial charge is 0.308 e. The fourth-order valence-corrected chi connectivity index (χ4v) is 1.64. The maximum Gasteiger partial charge on any atom is 0.323 e. The zero-order valence-corrected chi connectivity index (χ0v) is 10.9. The highest BCUT2D eigenvalue weighted by atomic mass is 79.9. The Hall–Kier alpha value is -1.88. The van der Waals surface area contributed by atoms with Gasteiger partial charge in [-0.15, -0.1) is 0 Å². The van der Waals surface area contributed by atoms with Crippen LogP contribution in [-0.2, 0) is 0 Å². The molecule has 0 aliphatic heterocycles. The predicted molar refractivity (Wildman–Crippen MR) is 73.2 cm³/mol. The maximum atomic E-state index is 13.3. The van der Waals surface area contributed by atoms with E-state index in [-0.39, 0.29) is 5.69 Å². The second kappa shape index (κ2) is 5.64. The van der Waals surface area contributed by atoms with Crippen LogP contribution in [0.4, 0.5) is 20.6 Å². The van der Waals surface area contributed by atoms with E-state index in [0.717, 1.165) is 4.47 Å². The third-order valence-corrected chi connectivity index (χ3v) is 2.75. The molecule has 0 saturated carbocycles. The van der Waals surface area contributed by atoms with Gasteiger partial charge in [-0.3, -0.25) is 0 Å². The summed E-state index contributed by atoms with van der Waals surface area (Å²) in [4.78, 5) is 11.6. The van der Waals surface area contributed by atoms with Crippen molar-refractivity contribution >= 4 is 33.3 Å². The molecule has 5 heteroatoms. The van der Waals surface area contributed by atoms with Gasteiger partial charge in [0.25, 0.3) is 0 Å². The third-order valence-electron chi connectivity index (χ3n) is 2.22. The lowest BCUT2D eigenvalue weighted by Crippen LogP contribution is -2.19. The molecule has 2 N–H and O–H groups in total. The van der Waals surface area contributed by atoms with Gasteiger partial charge in [0.1, 0.15) is 5.82 Å². The largest absolute Gasteiger partial charge is 0.323 e. The number of urea groups is 1. The highest BCUT2D eigenvalue weighted by molar-refractivity contribution is 9.10. The summed E-state index contributed by atoms with van der Waals surface area (Å²) >= 11 is 3.30. The number of anilines is 2. The molecule has 92 valence electrons. The van der Waals surface area contributed by atoms with Crippen molar-refractivity contribution in [1.82, 2.24) is 0 Å². The number of benzene rings is 2. The fraction of sp³-hybridized carbons (Fsp3) is 0. The lowest BCUT2D eigenvalue weighted by Gasteiger charge is -2.08. The molecule has 2 aromatic carbocycles. The molecular weight excluding hydrogens is 299 g/mol.